The Labute approximate surface area is 187 Å². The Bertz CT molecular complexity index is 1300. The quantitative estimate of drug-likeness (QED) is 0.393. The summed E-state index contributed by atoms with van der Waals surface area (Å²) in [4.78, 5) is 41.4. The van der Waals surface area contributed by atoms with Gasteiger partial charge in [0.25, 0.3) is 5.91 Å². The minimum absolute atomic E-state index is 0.00870. The third-order valence-electron chi connectivity index (χ3n) is 5.16. The van der Waals surface area contributed by atoms with Crippen molar-refractivity contribution in [2.75, 3.05) is 17.7 Å². The number of aromatic carboxylic acids is 1. The number of aromatic amines is 1. The molecule has 4 N–H and O–H groups in total. The van der Waals surface area contributed by atoms with E-state index in [2.05, 4.69) is 19.9 Å². The number of aryl methyl sites for hydroxylation is 1. The monoisotopic (exact) mass is 454 g/mol. The Morgan fingerprint density at radius 1 is 1.34 bits per heavy atom. The molecular weight excluding hydrogens is 436 g/mol. The molecule has 11 heteroatoms. The van der Waals surface area contributed by atoms with Gasteiger partial charge in [-0.2, -0.15) is 4.98 Å². The highest BCUT2D eigenvalue weighted by Crippen LogP contribution is 2.41. The number of carbonyl (C=O) groups is 2. The SMILES string of the molecule is COc1c(C)cnc(CN2C(=O)C(=Cc3ccc(C(=O)O)[nH]3)c3c(Cl)nc(N)nc32)c1C. The van der Waals surface area contributed by atoms with Crippen LogP contribution in [-0.2, 0) is 11.3 Å². The summed E-state index contributed by atoms with van der Waals surface area (Å²) in [6.45, 7) is 3.85. The van der Waals surface area contributed by atoms with E-state index in [4.69, 9.17) is 27.2 Å². The van der Waals surface area contributed by atoms with Crippen molar-refractivity contribution in [2.24, 2.45) is 0 Å². The van der Waals surface area contributed by atoms with Crippen LogP contribution in [0.1, 0.15) is 38.6 Å². The third kappa shape index (κ3) is 3.54. The van der Waals surface area contributed by atoms with E-state index in [0.29, 0.717) is 22.7 Å². The lowest BCUT2D eigenvalue weighted by atomic mass is 10.1. The molecule has 3 aromatic heterocycles. The van der Waals surface area contributed by atoms with Crippen molar-refractivity contribution in [1.29, 1.82) is 0 Å². The first-order valence-corrected chi connectivity index (χ1v) is 9.87. The topological polar surface area (TPSA) is 147 Å². The summed E-state index contributed by atoms with van der Waals surface area (Å²) < 4.78 is 5.46. The van der Waals surface area contributed by atoms with E-state index in [9.17, 15) is 9.59 Å². The number of nitrogens with zero attached hydrogens (tertiary/aromatic N) is 4. The number of halogens is 1. The molecule has 0 radical (unpaired) electrons. The Hall–Kier alpha value is -3.92. The van der Waals surface area contributed by atoms with Gasteiger partial charge in [-0.05, 0) is 32.1 Å². The van der Waals surface area contributed by atoms with Gasteiger partial charge >= 0.3 is 5.97 Å². The third-order valence-corrected chi connectivity index (χ3v) is 5.43. The molecule has 1 aliphatic rings. The van der Waals surface area contributed by atoms with Crippen LogP contribution in [0.3, 0.4) is 0 Å². The van der Waals surface area contributed by atoms with Crippen molar-refractivity contribution < 1.29 is 19.4 Å². The summed E-state index contributed by atoms with van der Waals surface area (Å²) in [5.74, 6) is -0.644. The summed E-state index contributed by atoms with van der Waals surface area (Å²) in [5, 5.41) is 9.16. The molecule has 0 saturated carbocycles. The Kier molecular flexibility index (Phi) is 5.31. The molecule has 4 rings (SSSR count). The van der Waals surface area contributed by atoms with Crippen LogP contribution in [0, 0.1) is 13.8 Å². The van der Waals surface area contributed by atoms with Gasteiger partial charge in [0, 0.05) is 23.0 Å². The van der Waals surface area contributed by atoms with E-state index < -0.39 is 11.9 Å². The number of fused-ring (bicyclic) bond motifs is 1. The molecular formula is C21H19ClN6O4. The van der Waals surface area contributed by atoms with E-state index in [-0.39, 0.29) is 34.7 Å². The second-order valence-corrected chi connectivity index (χ2v) is 7.56. The number of carboxylic acid groups (broad SMARTS) is 1. The van der Waals surface area contributed by atoms with Crippen molar-refractivity contribution in [3.8, 4) is 5.75 Å². The molecule has 0 fully saturated rings. The molecule has 164 valence electrons. The number of pyridine rings is 1. The summed E-state index contributed by atoms with van der Waals surface area (Å²) in [6.07, 6.45) is 3.18. The molecule has 0 spiro atoms. The normalized spacial score (nSPS) is 14.2. The van der Waals surface area contributed by atoms with Crippen LogP contribution in [0.4, 0.5) is 11.8 Å². The Morgan fingerprint density at radius 3 is 2.75 bits per heavy atom. The van der Waals surface area contributed by atoms with Gasteiger partial charge in [-0.25, -0.2) is 9.78 Å². The van der Waals surface area contributed by atoms with Gasteiger partial charge in [-0.1, -0.05) is 11.6 Å². The van der Waals surface area contributed by atoms with Crippen LogP contribution in [0.2, 0.25) is 5.15 Å². The molecule has 10 nitrogen and oxygen atoms in total. The lowest BCUT2D eigenvalue weighted by Gasteiger charge is -2.19. The van der Waals surface area contributed by atoms with Gasteiger partial charge in [0.2, 0.25) is 5.95 Å². The first-order valence-electron chi connectivity index (χ1n) is 9.49. The van der Waals surface area contributed by atoms with Crippen molar-refractivity contribution in [2.45, 2.75) is 20.4 Å². The number of nitrogen functional groups attached to an aromatic ring is 1. The molecule has 3 aromatic rings. The van der Waals surface area contributed by atoms with Gasteiger partial charge in [0.1, 0.15) is 16.6 Å². The number of carbonyl (C=O) groups excluding carboxylic acids is 1. The van der Waals surface area contributed by atoms with E-state index in [1.54, 1.807) is 19.4 Å². The smallest absolute Gasteiger partial charge is 0.352 e. The number of hydrogen-bond acceptors (Lipinski definition) is 7. The summed E-state index contributed by atoms with van der Waals surface area (Å²) in [7, 11) is 1.58. The number of H-pyrrole nitrogens is 1. The fourth-order valence-corrected chi connectivity index (χ4v) is 3.92. The maximum absolute atomic E-state index is 13.4. The lowest BCUT2D eigenvalue weighted by molar-refractivity contribution is -0.113. The zero-order chi connectivity index (χ0) is 23.2. The highest BCUT2D eigenvalue weighted by molar-refractivity contribution is 6.41. The lowest BCUT2D eigenvalue weighted by Crippen LogP contribution is -2.27. The largest absolute Gasteiger partial charge is 0.496 e. The number of aromatic nitrogens is 4. The molecule has 4 heterocycles. The van der Waals surface area contributed by atoms with Crippen molar-refractivity contribution in [3.63, 3.8) is 0 Å². The minimum atomic E-state index is -1.11. The highest BCUT2D eigenvalue weighted by atomic mass is 35.5. The van der Waals surface area contributed by atoms with E-state index in [1.807, 2.05) is 13.8 Å². The zero-order valence-corrected chi connectivity index (χ0v) is 18.2. The number of hydrogen-bond donors (Lipinski definition) is 3. The summed E-state index contributed by atoms with van der Waals surface area (Å²) >= 11 is 6.33. The molecule has 0 atom stereocenters. The number of amides is 1. The van der Waals surface area contributed by atoms with Crippen molar-refractivity contribution >= 4 is 46.9 Å². The summed E-state index contributed by atoms with van der Waals surface area (Å²) in [6, 6.07) is 2.95. The van der Waals surface area contributed by atoms with E-state index >= 15 is 0 Å². The maximum Gasteiger partial charge on any atom is 0.352 e. The zero-order valence-electron chi connectivity index (χ0n) is 17.4. The van der Waals surface area contributed by atoms with Crippen LogP contribution in [0.25, 0.3) is 11.6 Å². The molecule has 0 saturated heterocycles. The standard InChI is InChI=1S/C21H19ClN6O4/c1-9-7-24-14(10(2)16(9)32-3)8-28-18-15(17(22)26-21(23)27-18)12(19(28)29)6-11-4-5-13(25-11)20(30)31/h4-7,25H,8H2,1-3H3,(H,30,31)(H2,23,26,27). The number of rotatable bonds is 5. The second kappa shape index (κ2) is 7.97. The molecule has 1 aliphatic heterocycles. The van der Waals surface area contributed by atoms with Gasteiger partial charge in [-0.15, -0.1) is 0 Å². The molecule has 0 bridgehead atoms. The fourth-order valence-electron chi connectivity index (χ4n) is 3.65. The van der Waals surface area contributed by atoms with Crippen molar-refractivity contribution in [3.05, 3.63) is 57.3 Å². The maximum atomic E-state index is 13.4. The van der Waals surface area contributed by atoms with Crippen LogP contribution in [-0.4, -0.2) is 44.0 Å². The predicted octanol–water partition coefficient (Wildman–Crippen LogP) is 2.85. The number of ether oxygens (including phenoxy) is 1. The van der Waals surface area contributed by atoms with Gasteiger partial charge in [0.15, 0.2) is 5.82 Å². The van der Waals surface area contributed by atoms with Crippen LogP contribution >= 0.6 is 11.6 Å². The molecule has 32 heavy (non-hydrogen) atoms. The minimum Gasteiger partial charge on any atom is -0.496 e. The average molecular weight is 455 g/mol. The Balaban J connectivity index is 1.81. The molecule has 0 aromatic carbocycles. The van der Waals surface area contributed by atoms with E-state index in [1.165, 1.54) is 17.0 Å². The number of nitrogens with two attached hydrogens (primary N) is 1. The van der Waals surface area contributed by atoms with Gasteiger partial charge < -0.3 is 20.6 Å². The summed E-state index contributed by atoms with van der Waals surface area (Å²) in [5.41, 5.74) is 9.01. The fraction of sp³-hybridized carbons (Fsp3) is 0.190. The Morgan fingerprint density at radius 2 is 2.09 bits per heavy atom. The number of anilines is 2. The van der Waals surface area contributed by atoms with E-state index in [0.717, 1.165) is 11.1 Å². The number of nitrogens with one attached hydrogen (secondary N) is 1. The predicted molar refractivity (Wildman–Crippen MR) is 119 cm³/mol. The second-order valence-electron chi connectivity index (χ2n) is 7.20. The molecule has 1 amide bonds. The average Bonchev–Trinajstić information content (AvgIpc) is 3.29. The van der Waals surface area contributed by atoms with Gasteiger partial charge in [-0.3, -0.25) is 14.7 Å². The van der Waals surface area contributed by atoms with Crippen LogP contribution in [0.5, 0.6) is 5.75 Å². The molecule has 0 aliphatic carbocycles. The number of methoxy groups -OCH3 is 1. The van der Waals surface area contributed by atoms with Gasteiger partial charge in [0.05, 0.1) is 30.5 Å². The van der Waals surface area contributed by atoms with Crippen molar-refractivity contribution in [1.82, 2.24) is 19.9 Å². The van der Waals surface area contributed by atoms with Crippen LogP contribution in [0.15, 0.2) is 18.3 Å². The first-order chi connectivity index (χ1) is 15.2. The number of carboxylic acids is 1. The first kappa shape index (κ1) is 21.3. The highest BCUT2D eigenvalue weighted by Gasteiger charge is 2.37. The van der Waals surface area contributed by atoms with Crippen LogP contribution < -0.4 is 15.4 Å². The molecule has 0 unspecified atom stereocenters.